The molecule has 0 aliphatic heterocycles. The second-order valence-electron chi connectivity index (χ2n) is 3.88. The van der Waals surface area contributed by atoms with E-state index in [1.165, 1.54) is 21.5 Å². The van der Waals surface area contributed by atoms with Crippen LogP contribution >= 0.6 is 0 Å². The lowest BCUT2D eigenvalue weighted by Gasteiger charge is -1.98. The molecule has 0 atom stereocenters. The van der Waals surface area contributed by atoms with Gasteiger partial charge in [-0.25, -0.2) is 0 Å². The van der Waals surface area contributed by atoms with Gasteiger partial charge >= 0.3 is 0 Å². The third kappa shape index (κ3) is 0.785. The van der Waals surface area contributed by atoms with Crippen LogP contribution in [0.2, 0.25) is 0 Å². The number of benzene rings is 3. The van der Waals surface area contributed by atoms with Crippen molar-refractivity contribution >= 4 is 32.7 Å². The maximum atomic E-state index is 5.81. The molecule has 4 aromatic rings. The van der Waals surface area contributed by atoms with E-state index in [9.17, 15) is 0 Å². The van der Waals surface area contributed by atoms with Crippen molar-refractivity contribution in [2.24, 2.45) is 0 Å². The summed E-state index contributed by atoms with van der Waals surface area (Å²) >= 11 is 0. The Morgan fingerprint density at radius 3 is 1.67 bits per heavy atom. The zero-order valence-electron chi connectivity index (χ0n) is 8.03. The fraction of sp³-hybridized carbons (Fsp3) is 0. The third-order valence-electron chi connectivity index (χ3n) is 3.03. The van der Waals surface area contributed by atoms with Crippen LogP contribution in [0.3, 0.4) is 0 Å². The first-order valence-electron chi connectivity index (χ1n) is 5.06. The van der Waals surface area contributed by atoms with Crippen molar-refractivity contribution in [2.45, 2.75) is 0 Å². The molecule has 0 spiro atoms. The standard InChI is InChI=1S/C14H8O/c1-3-9-7-8-10-4-2-6-12-14(10)13(9)11(5-1)15-12/h1-8H. The van der Waals surface area contributed by atoms with E-state index in [0.29, 0.717) is 0 Å². The van der Waals surface area contributed by atoms with Crippen LogP contribution < -0.4 is 0 Å². The van der Waals surface area contributed by atoms with E-state index in [1.54, 1.807) is 0 Å². The summed E-state index contributed by atoms with van der Waals surface area (Å²) in [4.78, 5) is 0. The Hall–Kier alpha value is -2.02. The second kappa shape index (κ2) is 2.31. The van der Waals surface area contributed by atoms with E-state index < -0.39 is 0 Å². The summed E-state index contributed by atoms with van der Waals surface area (Å²) in [6.45, 7) is 0. The molecule has 0 bridgehead atoms. The predicted octanol–water partition coefficient (Wildman–Crippen LogP) is 4.18. The Kier molecular flexibility index (Phi) is 1.13. The Bertz CT molecular complexity index is 700. The molecule has 0 saturated carbocycles. The van der Waals surface area contributed by atoms with Crippen LogP contribution in [0.1, 0.15) is 0 Å². The van der Waals surface area contributed by atoms with Crippen LogP contribution in [-0.2, 0) is 0 Å². The first-order valence-corrected chi connectivity index (χ1v) is 5.06. The number of hydrogen-bond acceptors (Lipinski definition) is 1. The minimum Gasteiger partial charge on any atom is -0.456 e. The molecule has 0 aliphatic rings. The summed E-state index contributed by atoms with van der Waals surface area (Å²) < 4.78 is 5.81. The molecule has 1 aromatic heterocycles. The maximum Gasteiger partial charge on any atom is 0.136 e. The maximum absolute atomic E-state index is 5.81. The van der Waals surface area contributed by atoms with E-state index in [2.05, 4.69) is 24.3 Å². The van der Waals surface area contributed by atoms with Crippen molar-refractivity contribution in [3.8, 4) is 0 Å². The van der Waals surface area contributed by atoms with Gasteiger partial charge in [-0.15, -0.1) is 0 Å². The van der Waals surface area contributed by atoms with Gasteiger partial charge in [0.1, 0.15) is 11.2 Å². The Labute approximate surface area is 86.2 Å². The van der Waals surface area contributed by atoms with Gasteiger partial charge in [0.25, 0.3) is 0 Å². The quantitative estimate of drug-likeness (QED) is 0.381. The van der Waals surface area contributed by atoms with Gasteiger partial charge in [-0.2, -0.15) is 0 Å². The number of hydrogen-bond donors (Lipinski definition) is 0. The van der Waals surface area contributed by atoms with Gasteiger partial charge < -0.3 is 4.42 Å². The van der Waals surface area contributed by atoms with E-state index in [-0.39, 0.29) is 0 Å². The average Bonchev–Trinajstić information content (AvgIpc) is 2.66. The molecule has 1 heterocycles. The molecule has 0 radical (unpaired) electrons. The molecule has 0 saturated heterocycles. The lowest BCUT2D eigenvalue weighted by atomic mass is 10.0. The van der Waals surface area contributed by atoms with E-state index in [1.807, 2.05) is 24.3 Å². The zero-order valence-corrected chi connectivity index (χ0v) is 8.03. The molecule has 1 nitrogen and oxygen atoms in total. The molecule has 4 rings (SSSR count). The van der Waals surface area contributed by atoms with Crippen molar-refractivity contribution in [1.82, 2.24) is 0 Å². The van der Waals surface area contributed by atoms with E-state index >= 15 is 0 Å². The topological polar surface area (TPSA) is 13.1 Å². The first-order chi connectivity index (χ1) is 7.43. The summed E-state index contributed by atoms with van der Waals surface area (Å²) in [7, 11) is 0. The Morgan fingerprint density at radius 2 is 1.13 bits per heavy atom. The van der Waals surface area contributed by atoms with Crippen LogP contribution in [0, 0.1) is 0 Å². The van der Waals surface area contributed by atoms with Gasteiger partial charge in [-0.05, 0) is 22.9 Å². The minimum absolute atomic E-state index is 0.985. The molecular weight excluding hydrogens is 184 g/mol. The molecule has 0 N–H and O–H groups in total. The summed E-state index contributed by atoms with van der Waals surface area (Å²) in [5.74, 6) is 0. The lowest BCUT2D eigenvalue weighted by Crippen LogP contribution is -1.74. The summed E-state index contributed by atoms with van der Waals surface area (Å²) in [6.07, 6.45) is 0. The highest BCUT2D eigenvalue weighted by molar-refractivity contribution is 6.21. The summed E-state index contributed by atoms with van der Waals surface area (Å²) in [5.41, 5.74) is 1.97. The highest BCUT2D eigenvalue weighted by Gasteiger charge is 2.10. The summed E-state index contributed by atoms with van der Waals surface area (Å²) in [6, 6.07) is 16.7. The molecule has 0 aliphatic carbocycles. The fourth-order valence-electron chi connectivity index (χ4n) is 2.38. The smallest absolute Gasteiger partial charge is 0.136 e. The average molecular weight is 192 g/mol. The van der Waals surface area contributed by atoms with Crippen LogP contribution in [0.5, 0.6) is 0 Å². The van der Waals surface area contributed by atoms with E-state index in [0.717, 1.165) is 11.2 Å². The number of rotatable bonds is 0. The van der Waals surface area contributed by atoms with Crippen LogP contribution in [0.15, 0.2) is 52.9 Å². The molecular formula is C14H8O. The fourth-order valence-corrected chi connectivity index (χ4v) is 2.38. The predicted molar refractivity (Wildman–Crippen MR) is 62.4 cm³/mol. The van der Waals surface area contributed by atoms with Crippen LogP contribution in [0.25, 0.3) is 32.7 Å². The minimum atomic E-state index is 0.985. The van der Waals surface area contributed by atoms with Crippen molar-refractivity contribution in [3.63, 3.8) is 0 Å². The van der Waals surface area contributed by atoms with Crippen molar-refractivity contribution in [1.29, 1.82) is 0 Å². The van der Waals surface area contributed by atoms with Crippen molar-refractivity contribution in [3.05, 3.63) is 48.5 Å². The molecule has 3 aromatic carbocycles. The van der Waals surface area contributed by atoms with Gasteiger partial charge in [0.2, 0.25) is 0 Å². The van der Waals surface area contributed by atoms with Gasteiger partial charge in [-0.1, -0.05) is 36.4 Å². The zero-order chi connectivity index (χ0) is 9.83. The van der Waals surface area contributed by atoms with Gasteiger partial charge in [0.15, 0.2) is 0 Å². The van der Waals surface area contributed by atoms with Crippen molar-refractivity contribution in [2.75, 3.05) is 0 Å². The molecule has 0 amide bonds. The van der Waals surface area contributed by atoms with Gasteiger partial charge in [-0.3, -0.25) is 0 Å². The molecule has 0 unspecified atom stereocenters. The number of furan rings is 1. The highest BCUT2D eigenvalue weighted by Crippen LogP contribution is 2.36. The van der Waals surface area contributed by atoms with Crippen molar-refractivity contribution < 1.29 is 4.42 Å². The van der Waals surface area contributed by atoms with Crippen LogP contribution in [-0.4, -0.2) is 0 Å². The second-order valence-corrected chi connectivity index (χ2v) is 3.88. The first kappa shape index (κ1) is 7.30. The lowest BCUT2D eigenvalue weighted by molar-refractivity contribution is 0.669. The largest absolute Gasteiger partial charge is 0.456 e. The van der Waals surface area contributed by atoms with Gasteiger partial charge in [0, 0.05) is 10.8 Å². The molecule has 0 fully saturated rings. The Balaban J connectivity index is 2.54. The SMILES string of the molecule is c1cc2ccc3cccc4oc(c1)c2c34. The molecule has 15 heavy (non-hydrogen) atoms. The third-order valence-corrected chi connectivity index (χ3v) is 3.03. The molecule has 70 valence electrons. The summed E-state index contributed by atoms with van der Waals surface area (Å²) in [5, 5.41) is 5.02. The normalized spacial score (nSPS) is 12.0. The van der Waals surface area contributed by atoms with Crippen LogP contribution in [0.4, 0.5) is 0 Å². The van der Waals surface area contributed by atoms with E-state index in [4.69, 9.17) is 4.42 Å². The Morgan fingerprint density at radius 1 is 0.600 bits per heavy atom. The highest BCUT2D eigenvalue weighted by atomic mass is 16.3. The monoisotopic (exact) mass is 192 g/mol. The molecule has 1 heteroatoms. The van der Waals surface area contributed by atoms with Gasteiger partial charge in [0.05, 0.1) is 0 Å².